The second-order valence-corrected chi connectivity index (χ2v) is 4.44. The summed E-state index contributed by atoms with van der Waals surface area (Å²) in [5, 5.41) is 0. The van der Waals surface area contributed by atoms with Gasteiger partial charge in [0, 0.05) is 32.2 Å². The van der Waals surface area contributed by atoms with Gasteiger partial charge in [-0.3, -0.25) is 4.79 Å². The summed E-state index contributed by atoms with van der Waals surface area (Å²) in [4.78, 5) is 20.2. The van der Waals surface area contributed by atoms with E-state index in [4.69, 9.17) is 4.74 Å². The Kier molecular flexibility index (Phi) is 2.48. The minimum Gasteiger partial charge on any atom is -0.378 e. The van der Waals surface area contributed by atoms with Gasteiger partial charge in [0.25, 0.3) is 5.91 Å². The second kappa shape index (κ2) is 4.00. The van der Waals surface area contributed by atoms with Crippen molar-refractivity contribution < 1.29 is 9.53 Å². The Bertz CT molecular complexity index is 455. The number of carbonyl (C=O) groups excluding carboxylic acids is 1. The lowest BCUT2D eigenvalue weighted by Crippen LogP contribution is -2.37. The van der Waals surface area contributed by atoms with Gasteiger partial charge >= 0.3 is 0 Å². The van der Waals surface area contributed by atoms with Gasteiger partial charge < -0.3 is 14.5 Å². The Morgan fingerprint density at radius 2 is 2.06 bits per heavy atom. The summed E-state index contributed by atoms with van der Waals surface area (Å²) in [7, 11) is 1.80. The fourth-order valence-electron chi connectivity index (χ4n) is 2.27. The van der Waals surface area contributed by atoms with Crippen LogP contribution in [0.1, 0.15) is 16.1 Å². The highest BCUT2D eigenvalue weighted by atomic mass is 16.5. The highest BCUT2D eigenvalue weighted by Crippen LogP contribution is 2.23. The Morgan fingerprint density at radius 3 is 2.82 bits per heavy atom. The number of carbonyl (C=O) groups is 1. The van der Waals surface area contributed by atoms with Crippen molar-refractivity contribution in [3.8, 4) is 0 Å². The molecule has 3 heterocycles. The van der Waals surface area contributed by atoms with Gasteiger partial charge in [-0.2, -0.15) is 0 Å². The first-order valence-corrected chi connectivity index (χ1v) is 5.84. The van der Waals surface area contributed by atoms with Gasteiger partial charge in [0.15, 0.2) is 0 Å². The maximum Gasteiger partial charge on any atom is 0.272 e. The number of hydrogen-bond acceptors (Lipinski definition) is 4. The topological polar surface area (TPSA) is 45.7 Å². The summed E-state index contributed by atoms with van der Waals surface area (Å²) in [6.07, 6.45) is 0. The van der Waals surface area contributed by atoms with Crippen LogP contribution in [0.15, 0.2) is 12.1 Å². The van der Waals surface area contributed by atoms with Gasteiger partial charge in [-0.25, -0.2) is 4.98 Å². The van der Waals surface area contributed by atoms with Crippen molar-refractivity contribution in [2.75, 3.05) is 38.3 Å². The number of hydrogen-bond donors (Lipinski definition) is 0. The molecule has 0 unspecified atom stereocenters. The molecule has 5 heteroatoms. The zero-order chi connectivity index (χ0) is 11.8. The van der Waals surface area contributed by atoms with Crippen LogP contribution < -0.4 is 4.90 Å². The molecule has 2 aliphatic rings. The molecule has 0 saturated carbocycles. The Labute approximate surface area is 100.0 Å². The maximum atomic E-state index is 11.9. The smallest absolute Gasteiger partial charge is 0.272 e. The largest absolute Gasteiger partial charge is 0.378 e. The van der Waals surface area contributed by atoms with E-state index in [0.717, 1.165) is 37.7 Å². The molecular formula is C12H15N3O2. The third kappa shape index (κ3) is 1.76. The molecule has 3 rings (SSSR count). The van der Waals surface area contributed by atoms with Crippen LogP contribution in [0.25, 0.3) is 0 Å². The van der Waals surface area contributed by atoms with Crippen LogP contribution in [-0.4, -0.2) is 49.1 Å². The first kappa shape index (κ1) is 10.5. The fourth-order valence-corrected chi connectivity index (χ4v) is 2.27. The van der Waals surface area contributed by atoms with Gasteiger partial charge in [-0.15, -0.1) is 0 Å². The summed E-state index contributed by atoms with van der Waals surface area (Å²) in [6, 6.07) is 4.01. The lowest BCUT2D eigenvalue weighted by molar-refractivity contribution is 0.0812. The monoisotopic (exact) mass is 233 g/mol. The molecule has 0 bridgehead atoms. The van der Waals surface area contributed by atoms with Crippen molar-refractivity contribution in [3.63, 3.8) is 0 Å². The SMILES string of the molecule is CN1Cc2ccc(N3CCOCC3)nc2C1=O. The number of pyridine rings is 1. The van der Waals surface area contributed by atoms with Crippen LogP contribution in [0.3, 0.4) is 0 Å². The van der Waals surface area contributed by atoms with E-state index >= 15 is 0 Å². The van der Waals surface area contributed by atoms with Crippen LogP contribution in [0, 0.1) is 0 Å². The number of fused-ring (bicyclic) bond motifs is 1. The summed E-state index contributed by atoms with van der Waals surface area (Å²) in [5.41, 5.74) is 1.63. The van der Waals surface area contributed by atoms with Crippen molar-refractivity contribution in [1.29, 1.82) is 0 Å². The first-order chi connectivity index (χ1) is 8.25. The zero-order valence-electron chi connectivity index (χ0n) is 9.85. The van der Waals surface area contributed by atoms with Crippen molar-refractivity contribution in [2.45, 2.75) is 6.54 Å². The van der Waals surface area contributed by atoms with E-state index in [1.54, 1.807) is 11.9 Å². The molecule has 1 aromatic heterocycles. The molecular weight excluding hydrogens is 218 g/mol. The number of anilines is 1. The van der Waals surface area contributed by atoms with Gasteiger partial charge in [-0.05, 0) is 6.07 Å². The molecule has 0 radical (unpaired) electrons. The Hall–Kier alpha value is -1.62. The number of amides is 1. The van der Waals surface area contributed by atoms with Crippen molar-refractivity contribution in [1.82, 2.24) is 9.88 Å². The van der Waals surface area contributed by atoms with Crippen LogP contribution in [-0.2, 0) is 11.3 Å². The van der Waals surface area contributed by atoms with Crippen molar-refractivity contribution in [2.24, 2.45) is 0 Å². The van der Waals surface area contributed by atoms with E-state index in [-0.39, 0.29) is 5.91 Å². The third-order valence-corrected chi connectivity index (χ3v) is 3.26. The molecule has 1 fully saturated rings. The predicted molar refractivity (Wildman–Crippen MR) is 63.1 cm³/mol. The van der Waals surface area contributed by atoms with Crippen molar-refractivity contribution in [3.05, 3.63) is 23.4 Å². The van der Waals surface area contributed by atoms with Gasteiger partial charge in [-0.1, -0.05) is 6.07 Å². The second-order valence-electron chi connectivity index (χ2n) is 4.44. The molecule has 5 nitrogen and oxygen atoms in total. The number of aromatic nitrogens is 1. The van der Waals surface area contributed by atoms with Crippen LogP contribution in [0.2, 0.25) is 0 Å². The quantitative estimate of drug-likeness (QED) is 0.708. The van der Waals surface area contributed by atoms with E-state index in [1.807, 2.05) is 12.1 Å². The highest BCUT2D eigenvalue weighted by molar-refractivity contribution is 5.96. The maximum absolute atomic E-state index is 11.9. The predicted octanol–water partition coefficient (Wildman–Crippen LogP) is 0.504. The Morgan fingerprint density at radius 1 is 1.29 bits per heavy atom. The van der Waals surface area contributed by atoms with E-state index in [1.165, 1.54) is 0 Å². The van der Waals surface area contributed by atoms with Gasteiger partial charge in [0.2, 0.25) is 0 Å². The fraction of sp³-hybridized carbons (Fsp3) is 0.500. The molecule has 0 aliphatic carbocycles. The van der Waals surface area contributed by atoms with Crippen LogP contribution >= 0.6 is 0 Å². The third-order valence-electron chi connectivity index (χ3n) is 3.26. The summed E-state index contributed by atoms with van der Waals surface area (Å²) >= 11 is 0. The van der Waals surface area contributed by atoms with Crippen LogP contribution in [0.4, 0.5) is 5.82 Å². The van der Waals surface area contributed by atoms with E-state index in [0.29, 0.717) is 12.2 Å². The highest BCUT2D eigenvalue weighted by Gasteiger charge is 2.27. The molecule has 0 spiro atoms. The minimum absolute atomic E-state index is 0.0232. The number of rotatable bonds is 1. The molecule has 0 atom stereocenters. The molecule has 90 valence electrons. The van der Waals surface area contributed by atoms with E-state index < -0.39 is 0 Å². The standard InChI is InChI=1S/C12H15N3O2/c1-14-8-9-2-3-10(13-11(9)12(14)16)15-4-6-17-7-5-15/h2-3H,4-8H2,1H3. The first-order valence-electron chi connectivity index (χ1n) is 5.84. The lowest BCUT2D eigenvalue weighted by atomic mass is 10.2. The number of ether oxygens (including phenoxy) is 1. The normalized spacial score (nSPS) is 19.7. The molecule has 1 saturated heterocycles. The summed E-state index contributed by atoms with van der Waals surface area (Å²) in [6.45, 7) is 3.81. The molecule has 1 aromatic rings. The van der Waals surface area contributed by atoms with Gasteiger partial charge in [0.05, 0.1) is 13.2 Å². The minimum atomic E-state index is 0.0232. The van der Waals surface area contributed by atoms with E-state index in [2.05, 4.69) is 9.88 Å². The molecule has 0 N–H and O–H groups in total. The van der Waals surface area contributed by atoms with Crippen molar-refractivity contribution >= 4 is 11.7 Å². The van der Waals surface area contributed by atoms with Crippen LogP contribution in [0.5, 0.6) is 0 Å². The molecule has 2 aliphatic heterocycles. The van der Waals surface area contributed by atoms with E-state index in [9.17, 15) is 4.79 Å². The number of nitrogens with zero attached hydrogens (tertiary/aromatic N) is 3. The lowest BCUT2D eigenvalue weighted by Gasteiger charge is -2.27. The van der Waals surface area contributed by atoms with Gasteiger partial charge in [0.1, 0.15) is 11.5 Å². The average molecular weight is 233 g/mol. The summed E-state index contributed by atoms with van der Waals surface area (Å²) < 4.78 is 5.31. The number of morpholine rings is 1. The zero-order valence-corrected chi connectivity index (χ0v) is 9.85. The molecule has 0 aromatic carbocycles. The summed E-state index contributed by atoms with van der Waals surface area (Å²) in [5.74, 6) is 0.908. The Balaban J connectivity index is 1.91. The molecule has 1 amide bonds. The molecule has 17 heavy (non-hydrogen) atoms. The average Bonchev–Trinajstić information content (AvgIpc) is 2.66.